The van der Waals surface area contributed by atoms with E-state index in [4.69, 9.17) is 9.73 Å². The normalized spacial score (nSPS) is 16.1. The van der Waals surface area contributed by atoms with Gasteiger partial charge >= 0.3 is 0 Å². The molecule has 0 saturated heterocycles. The number of fused-ring (bicyclic) bond motifs is 4. The first-order chi connectivity index (χ1) is 20.7. The van der Waals surface area contributed by atoms with Crippen LogP contribution in [-0.4, -0.2) is 4.57 Å². The smallest absolute Gasteiger partial charge is 0.271 e. The van der Waals surface area contributed by atoms with E-state index in [0.717, 1.165) is 40.2 Å². The Morgan fingerprint density at radius 3 is 2.69 bits per heavy atom. The summed E-state index contributed by atoms with van der Waals surface area (Å²) in [5.74, 6) is 0.771. The van der Waals surface area contributed by atoms with Crippen LogP contribution in [0.1, 0.15) is 39.6 Å². The summed E-state index contributed by atoms with van der Waals surface area (Å²) < 4.78 is 8.82. The predicted octanol–water partition coefficient (Wildman–Crippen LogP) is 7.11. The average Bonchev–Trinajstić information content (AvgIpc) is 3.67. The first-order valence-electron chi connectivity index (χ1n) is 14.1. The third-order valence-electron chi connectivity index (χ3n) is 8.12. The van der Waals surface area contributed by atoms with Gasteiger partial charge in [0.2, 0.25) is 0 Å². The van der Waals surface area contributed by atoms with Crippen LogP contribution in [-0.2, 0) is 13.0 Å². The Morgan fingerprint density at radius 2 is 1.76 bits per heavy atom. The van der Waals surface area contributed by atoms with Crippen molar-refractivity contribution in [3.63, 3.8) is 0 Å². The highest BCUT2D eigenvalue weighted by Gasteiger charge is 2.33. The molecule has 1 aliphatic carbocycles. The number of benzene rings is 4. The van der Waals surface area contributed by atoms with E-state index >= 15 is 0 Å². The lowest BCUT2D eigenvalue weighted by atomic mass is 9.85. The number of nitrogens with zero attached hydrogens (tertiary/aromatic N) is 2. The minimum absolute atomic E-state index is 0.00429. The Balaban J connectivity index is 1.18. The van der Waals surface area contributed by atoms with Crippen LogP contribution in [0, 0.1) is 0 Å². The van der Waals surface area contributed by atoms with E-state index < -0.39 is 0 Å². The highest BCUT2D eigenvalue weighted by molar-refractivity contribution is 7.10. The lowest BCUT2D eigenvalue weighted by Gasteiger charge is -2.30. The van der Waals surface area contributed by atoms with Crippen LogP contribution in [0.4, 0.5) is 0 Å². The maximum absolute atomic E-state index is 14.0. The molecule has 42 heavy (non-hydrogen) atoms. The van der Waals surface area contributed by atoms with Gasteiger partial charge in [-0.15, -0.1) is 11.3 Å². The lowest BCUT2D eigenvalue weighted by molar-refractivity contribution is 0.307. The molecule has 0 saturated carbocycles. The quantitative estimate of drug-likeness (QED) is 0.217. The second-order valence-corrected chi connectivity index (χ2v) is 12.6. The van der Waals surface area contributed by atoms with E-state index in [-0.39, 0.29) is 11.6 Å². The van der Waals surface area contributed by atoms with Crippen LogP contribution in [0.3, 0.4) is 0 Å². The lowest BCUT2D eigenvalue weighted by Crippen LogP contribution is -2.38. The maximum atomic E-state index is 14.0. The molecule has 6 aromatic rings. The van der Waals surface area contributed by atoms with E-state index in [1.807, 2.05) is 34.9 Å². The van der Waals surface area contributed by atoms with Gasteiger partial charge in [-0.3, -0.25) is 9.36 Å². The minimum Gasteiger partial charge on any atom is -0.489 e. The van der Waals surface area contributed by atoms with Crippen molar-refractivity contribution in [3.8, 4) is 5.75 Å². The highest BCUT2D eigenvalue weighted by atomic mass is 32.1. The summed E-state index contributed by atoms with van der Waals surface area (Å²) in [6.45, 7) is 0.473. The molecule has 0 fully saturated rings. The number of hydrogen-bond acceptors (Lipinski definition) is 5. The molecule has 3 heterocycles. The molecule has 8 rings (SSSR count). The van der Waals surface area contributed by atoms with Crippen molar-refractivity contribution in [1.29, 1.82) is 0 Å². The van der Waals surface area contributed by atoms with Gasteiger partial charge in [0.15, 0.2) is 4.80 Å². The number of allylic oxidation sites excluding steroid dienone is 1. The van der Waals surface area contributed by atoms with E-state index in [1.54, 1.807) is 11.3 Å². The van der Waals surface area contributed by atoms with Crippen LogP contribution in [0.25, 0.3) is 22.5 Å². The van der Waals surface area contributed by atoms with Crippen LogP contribution >= 0.6 is 22.7 Å². The molecule has 2 aromatic heterocycles. The molecule has 204 valence electrons. The highest BCUT2D eigenvalue weighted by Crippen LogP contribution is 2.42. The summed E-state index contributed by atoms with van der Waals surface area (Å²) in [6, 6.07) is 35.2. The molecule has 0 radical (unpaired) electrons. The molecule has 4 aromatic carbocycles. The summed E-state index contributed by atoms with van der Waals surface area (Å²) in [7, 11) is 0. The van der Waals surface area contributed by atoms with Gasteiger partial charge in [-0.05, 0) is 75.5 Å². The van der Waals surface area contributed by atoms with Gasteiger partial charge < -0.3 is 4.74 Å². The van der Waals surface area contributed by atoms with E-state index in [1.165, 1.54) is 43.7 Å². The Kier molecular flexibility index (Phi) is 6.24. The molecule has 0 unspecified atom stereocenters. The van der Waals surface area contributed by atoms with Gasteiger partial charge in [-0.25, -0.2) is 4.99 Å². The Hall–Kier alpha value is -4.52. The van der Waals surface area contributed by atoms with Crippen molar-refractivity contribution in [2.75, 3.05) is 0 Å². The summed E-state index contributed by atoms with van der Waals surface area (Å²) >= 11 is 3.16. The van der Waals surface area contributed by atoms with E-state index in [9.17, 15) is 4.79 Å². The standard InChI is InChI=1S/C36H26N2O2S2/c39-35-32(21-23-8-5-13-27(20-23)40-22-26-12-6-11-24-9-1-3-14-28(24)26)42-36-37-33-29-15-4-2-10-25(29)17-18-30(33)34(38(35)36)31-16-7-19-41-31/h1-16,19-21,34H,17-18,22H2/b32-21-/t34-/m0/s1. The molecule has 0 amide bonds. The Morgan fingerprint density at radius 1 is 0.905 bits per heavy atom. The maximum Gasteiger partial charge on any atom is 0.271 e. The second kappa shape index (κ2) is 10.4. The molecule has 0 N–H and O–H groups in total. The van der Waals surface area contributed by atoms with E-state index in [0.29, 0.717) is 11.1 Å². The van der Waals surface area contributed by atoms with Crippen molar-refractivity contribution >= 4 is 45.2 Å². The number of aryl methyl sites for hydroxylation is 1. The molecule has 0 bridgehead atoms. The van der Waals surface area contributed by atoms with Gasteiger partial charge in [0.1, 0.15) is 12.4 Å². The topological polar surface area (TPSA) is 43.6 Å². The van der Waals surface area contributed by atoms with Gasteiger partial charge in [-0.2, -0.15) is 0 Å². The van der Waals surface area contributed by atoms with Crippen LogP contribution in [0.5, 0.6) is 5.75 Å². The second-order valence-electron chi connectivity index (χ2n) is 10.6. The molecule has 6 heteroatoms. The van der Waals surface area contributed by atoms with Crippen LogP contribution in [0.2, 0.25) is 0 Å². The predicted molar refractivity (Wildman–Crippen MR) is 172 cm³/mol. The Labute approximate surface area is 250 Å². The molecular formula is C36H26N2O2S2. The van der Waals surface area contributed by atoms with Crippen molar-refractivity contribution in [2.45, 2.75) is 25.5 Å². The Bertz CT molecular complexity index is 2180. The van der Waals surface area contributed by atoms with Crippen molar-refractivity contribution in [1.82, 2.24) is 4.57 Å². The van der Waals surface area contributed by atoms with Crippen LogP contribution in [0.15, 0.2) is 124 Å². The molecule has 1 atom stereocenters. The summed E-state index contributed by atoms with van der Waals surface area (Å²) in [4.78, 5) is 21.0. The molecular weight excluding hydrogens is 557 g/mol. The monoisotopic (exact) mass is 582 g/mol. The fourth-order valence-corrected chi connectivity index (χ4v) is 7.99. The number of thiophene rings is 1. The van der Waals surface area contributed by atoms with Gasteiger partial charge in [0, 0.05) is 10.4 Å². The molecule has 2 aliphatic rings. The van der Waals surface area contributed by atoms with E-state index in [2.05, 4.69) is 84.2 Å². The number of ether oxygens (including phenoxy) is 1. The first-order valence-corrected chi connectivity index (χ1v) is 15.8. The van der Waals surface area contributed by atoms with Gasteiger partial charge in [0.05, 0.1) is 16.3 Å². The third-order valence-corrected chi connectivity index (χ3v) is 10.0. The van der Waals surface area contributed by atoms with Crippen molar-refractivity contribution in [2.24, 2.45) is 4.99 Å². The molecule has 1 aliphatic heterocycles. The molecule has 4 nitrogen and oxygen atoms in total. The third kappa shape index (κ3) is 4.35. The van der Waals surface area contributed by atoms with Gasteiger partial charge in [-0.1, -0.05) is 96.3 Å². The summed E-state index contributed by atoms with van der Waals surface area (Å²) in [6.07, 6.45) is 3.83. The summed E-state index contributed by atoms with van der Waals surface area (Å²) in [5.41, 5.74) is 6.86. The fraction of sp³-hybridized carbons (Fsp3) is 0.111. The number of rotatable bonds is 5. The van der Waals surface area contributed by atoms with Crippen LogP contribution < -0.4 is 19.6 Å². The zero-order chi connectivity index (χ0) is 28.0. The average molecular weight is 583 g/mol. The molecule has 0 spiro atoms. The SMILES string of the molecule is O=c1/c(=C/c2cccc(OCc3cccc4ccccc34)c2)sc2n1[C@H](c1cccs1)C1=C(N=2)c2ccccc2CC1. The number of hydrogen-bond donors (Lipinski definition) is 0. The van der Waals surface area contributed by atoms with Crippen molar-refractivity contribution < 1.29 is 4.74 Å². The number of aromatic nitrogens is 1. The largest absolute Gasteiger partial charge is 0.489 e. The van der Waals surface area contributed by atoms with Crippen molar-refractivity contribution in [3.05, 3.63) is 161 Å². The number of thiazole rings is 1. The minimum atomic E-state index is -0.123. The van der Waals surface area contributed by atoms with Gasteiger partial charge in [0.25, 0.3) is 5.56 Å². The first kappa shape index (κ1) is 25.2. The summed E-state index contributed by atoms with van der Waals surface area (Å²) in [5, 5.41) is 4.49. The zero-order valence-electron chi connectivity index (χ0n) is 22.7. The fourth-order valence-electron chi connectivity index (χ4n) is 6.14. The zero-order valence-corrected chi connectivity index (χ0v) is 24.3.